The number of aromatic nitrogens is 2. The van der Waals surface area contributed by atoms with Crippen molar-refractivity contribution < 1.29 is 14.3 Å². The predicted octanol–water partition coefficient (Wildman–Crippen LogP) is 3.57. The molecule has 0 bridgehead atoms. The number of carbonyl (C=O) groups excluding carboxylic acids is 1. The smallest absolute Gasteiger partial charge is 0.235 e. The second kappa shape index (κ2) is 10.3. The van der Waals surface area contributed by atoms with Crippen molar-refractivity contribution >= 4 is 27.5 Å². The Morgan fingerprint density at radius 2 is 2.19 bits per heavy atom. The van der Waals surface area contributed by atoms with Crippen molar-refractivity contribution in [1.82, 2.24) is 14.9 Å². The summed E-state index contributed by atoms with van der Waals surface area (Å²) >= 11 is 0. The normalized spacial score (nSPS) is 23.0. The van der Waals surface area contributed by atoms with E-state index in [9.17, 15) is 4.79 Å². The average molecular weight is 398 g/mol. The van der Waals surface area contributed by atoms with Crippen LogP contribution >= 0.6 is 21.6 Å². The maximum absolute atomic E-state index is 12.5. The molecule has 1 aromatic rings. The van der Waals surface area contributed by atoms with Gasteiger partial charge in [-0.15, -0.1) is 0 Å². The number of nitrogens with zero attached hydrogens (tertiary/aromatic N) is 3. The number of hydrogen-bond acceptors (Lipinski definition) is 7. The lowest BCUT2D eigenvalue weighted by Gasteiger charge is -2.32. The third-order valence-electron chi connectivity index (χ3n) is 4.71. The lowest BCUT2D eigenvalue weighted by molar-refractivity contribution is -0.134. The van der Waals surface area contributed by atoms with Crippen LogP contribution in [0.15, 0.2) is 12.4 Å². The fraction of sp³-hybridized carbons (Fsp3) is 0.722. The molecule has 144 valence electrons. The summed E-state index contributed by atoms with van der Waals surface area (Å²) in [6, 6.07) is 0. The summed E-state index contributed by atoms with van der Waals surface area (Å²) in [7, 11) is 5.55. The van der Waals surface area contributed by atoms with Gasteiger partial charge in [-0.25, -0.2) is 0 Å². The van der Waals surface area contributed by atoms with Gasteiger partial charge in [-0.2, -0.15) is 4.98 Å². The van der Waals surface area contributed by atoms with Gasteiger partial charge in [0.1, 0.15) is 6.10 Å². The molecule has 2 aliphatic rings. The molecule has 2 aliphatic heterocycles. The van der Waals surface area contributed by atoms with Crippen LogP contribution in [-0.2, 0) is 4.79 Å². The van der Waals surface area contributed by atoms with Gasteiger partial charge in [0.15, 0.2) is 0 Å². The van der Waals surface area contributed by atoms with E-state index in [2.05, 4.69) is 9.97 Å². The highest BCUT2D eigenvalue weighted by atomic mass is 33.1. The Morgan fingerprint density at radius 1 is 1.31 bits per heavy atom. The minimum absolute atomic E-state index is 0.0268. The van der Waals surface area contributed by atoms with E-state index in [-0.39, 0.29) is 12.0 Å². The third-order valence-corrected chi connectivity index (χ3v) is 7.72. The first-order chi connectivity index (χ1) is 12.7. The van der Waals surface area contributed by atoms with Crippen molar-refractivity contribution in [2.24, 2.45) is 0 Å². The molecule has 0 radical (unpaired) electrons. The summed E-state index contributed by atoms with van der Waals surface area (Å²) < 4.78 is 11.0. The molecule has 6 nitrogen and oxygen atoms in total. The fourth-order valence-electron chi connectivity index (χ4n) is 3.29. The van der Waals surface area contributed by atoms with Gasteiger partial charge in [0.25, 0.3) is 0 Å². The second-order valence-corrected chi connectivity index (χ2v) is 9.48. The standard InChI is InChI=1S/C18H27N3O3S2/c1-23-16-11-19-12-17(20-16)24-14-5-4-9-21(13-14)18(22)7-3-2-6-15-8-10-25-26-15/h11-12,14-15H,2-10,13H2,1H3. The number of methoxy groups -OCH3 is 1. The van der Waals surface area contributed by atoms with Gasteiger partial charge in [0.2, 0.25) is 17.7 Å². The highest BCUT2D eigenvalue weighted by molar-refractivity contribution is 8.77. The van der Waals surface area contributed by atoms with Crippen LogP contribution < -0.4 is 9.47 Å². The quantitative estimate of drug-likeness (QED) is 0.491. The summed E-state index contributed by atoms with van der Waals surface area (Å²) in [6.07, 6.45) is 10.4. The Labute approximate surface area is 163 Å². The molecule has 3 rings (SSSR count). The van der Waals surface area contributed by atoms with Gasteiger partial charge in [0.05, 0.1) is 26.0 Å². The molecule has 2 saturated heterocycles. The molecule has 3 heterocycles. The fourth-order valence-corrected chi connectivity index (χ4v) is 6.32. The van der Waals surface area contributed by atoms with Crippen molar-refractivity contribution in [2.75, 3.05) is 26.0 Å². The number of piperidine rings is 1. The van der Waals surface area contributed by atoms with E-state index in [1.807, 2.05) is 26.5 Å². The number of amides is 1. The summed E-state index contributed by atoms with van der Waals surface area (Å²) in [5, 5.41) is 0.798. The minimum atomic E-state index is -0.0268. The van der Waals surface area contributed by atoms with Crippen LogP contribution in [0.25, 0.3) is 0 Å². The summed E-state index contributed by atoms with van der Waals surface area (Å²) in [4.78, 5) is 22.8. The van der Waals surface area contributed by atoms with E-state index in [1.54, 1.807) is 19.5 Å². The van der Waals surface area contributed by atoms with Crippen LogP contribution in [0.5, 0.6) is 11.8 Å². The van der Waals surface area contributed by atoms with Crippen molar-refractivity contribution in [3.8, 4) is 11.8 Å². The Kier molecular flexibility index (Phi) is 7.73. The topological polar surface area (TPSA) is 64.6 Å². The summed E-state index contributed by atoms with van der Waals surface area (Å²) in [5.41, 5.74) is 0. The molecule has 1 amide bonds. The van der Waals surface area contributed by atoms with Crippen LogP contribution in [0.4, 0.5) is 0 Å². The average Bonchev–Trinajstić information content (AvgIpc) is 3.19. The molecule has 1 aromatic heterocycles. The number of rotatable bonds is 8. The molecule has 26 heavy (non-hydrogen) atoms. The molecule has 8 heteroatoms. The molecule has 0 spiro atoms. The van der Waals surface area contributed by atoms with Gasteiger partial charge in [-0.1, -0.05) is 28.0 Å². The second-order valence-electron chi connectivity index (χ2n) is 6.70. The number of hydrogen-bond donors (Lipinski definition) is 0. The first-order valence-corrected chi connectivity index (χ1v) is 11.7. The molecule has 0 saturated carbocycles. The van der Waals surface area contributed by atoms with E-state index in [4.69, 9.17) is 9.47 Å². The van der Waals surface area contributed by atoms with Crippen LogP contribution in [0.2, 0.25) is 0 Å². The molecule has 0 aliphatic carbocycles. The SMILES string of the molecule is COc1cncc(OC2CCCN(C(=O)CCCCC3CCSS3)C2)n1. The zero-order valence-corrected chi connectivity index (χ0v) is 16.9. The zero-order valence-electron chi connectivity index (χ0n) is 15.3. The monoisotopic (exact) mass is 397 g/mol. The number of ether oxygens (including phenoxy) is 2. The Balaban J connectivity index is 1.39. The van der Waals surface area contributed by atoms with E-state index < -0.39 is 0 Å². The van der Waals surface area contributed by atoms with Crippen LogP contribution in [0, 0.1) is 0 Å². The third kappa shape index (κ3) is 5.94. The van der Waals surface area contributed by atoms with Gasteiger partial charge in [-0.3, -0.25) is 9.78 Å². The molecule has 2 unspecified atom stereocenters. The number of unbranched alkanes of at least 4 members (excludes halogenated alkanes) is 1. The van der Waals surface area contributed by atoms with Crippen LogP contribution in [0.3, 0.4) is 0 Å². The number of carbonyl (C=O) groups is 1. The Morgan fingerprint density at radius 3 is 3.00 bits per heavy atom. The van der Waals surface area contributed by atoms with E-state index in [0.717, 1.165) is 37.5 Å². The van der Waals surface area contributed by atoms with Gasteiger partial charge in [-0.05, 0) is 32.1 Å². The van der Waals surface area contributed by atoms with Crippen molar-refractivity contribution in [2.45, 2.75) is 56.3 Å². The van der Waals surface area contributed by atoms with Crippen molar-refractivity contribution in [3.63, 3.8) is 0 Å². The van der Waals surface area contributed by atoms with Crippen LogP contribution in [0.1, 0.15) is 44.9 Å². The van der Waals surface area contributed by atoms with Crippen molar-refractivity contribution in [1.29, 1.82) is 0 Å². The minimum Gasteiger partial charge on any atom is -0.480 e. The summed E-state index contributed by atoms with van der Waals surface area (Å²) in [6.45, 7) is 1.46. The van der Waals surface area contributed by atoms with E-state index in [1.165, 1.54) is 18.6 Å². The highest BCUT2D eigenvalue weighted by Gasteiger charge is 2.25. The largest absolute Gasteiger partial charge is 0.480 e. The lowest BCUT2D eigenvalue weighted by Crippen LogP contribution is -2.44. The maximum Gasteiger partial charge on any atom is 0.235 e. The van der Waals surface area contributed by atoms with Gasteiger partial charge < -0.3 is 14.4 Å². The molecular formula is C18H27N3O3S2. The molecular weight excluding hydrogens is 370 g/mol. The summed E-state index contributed by atoms with van der Waals surface area (Å²) in [5.74, 6) is 2.42. The van der Waals surface area contributed by atoms with Gasteiger partial charge in [0, 0.05) is 24.0 Å². The van der Waals surface area contributed by atoms with Crippen LogP contribution in [-0.4, -0.2) is 58.1 Å². The predicted molar refractivity (Wildman–Crippen MR) is 106 cm³/mol. The molecule has 2 fully saturated rings. The first-order valence-electron chi connectivity index (χ1n) is 9.33. The maximum atomic E-state index is 12.5. The molecule has 0 N–H and O–H groups in total. The lowest BCUT2D eigenvalue weighted by atomic mass is 10.1. The van der Waals surface area contributed by atoms with Crippen molar-refractivity contribution in [3.05, 3.63) is 12.4 Å². The van der Waals surface area contributed by atoms with E-state index >= 15 is 0 Å². The van der Waals surface area contributed by atoms with Gasteiger partial charge >= 0.3 is 0 Å². The Hall–Kier alpha value is -1.15. The molecule has 2 atom stereocenters. The number of likely N-dealkylation sites (tertiary alicyclic amines) is 1. The first kappa shape index (κ1) is 19.6. The highest BCUT2D eigenvalue weighted by Crippen LogP contribution is 2.39. The zero-order chi connectivity index (χ0) is 18.2. The Bertz CT molecular complexity index is 585. The van der Waals surface area contributed by atoms with E-state index in [0.29, 0.717) is 24.7 Å². The molecule has 0 aromatic carbocycles.